The summed E-state index contributed by atoms with van der Waals surface area (Å²) in [6.45, 7) is 16.4. The van der Waals surface area contributed by atoms with Crippen molar-refractivity contribution in [1.29, 1.82) is 0 Å². The molecule has 4 amide bonds. The first-order valence-electron chi connectivity index (χ1n) is 30.8. The number of carboxylic acid groups (broad SMARTS) is 1. The van der Waals surface area contributed by atoms with Crippen LogP contribution >= 0.6 is 23.2 Å². The van der Waals surface area contributed by atoms with Gasteiger partial charge in [0.1, 0.15) is 46.5 Å². The third-order valence-corrected chi connectivity index (χ3v) is 16.1. The Kier molecular flexibility index (Phi) is 28.7. The Hall–Kier alpha value is -11.8. The quantitative estimate of drug-likeness (QED) is 0.0173. The fraction of sp³-hybridized carbons (Fsp3) is 0.117. The Bertz CT molecular complexity index is 4940. The molecule has 12 rings (SSSR count). The van der Waals surface area contributed by atoms with E-state index in [2.05, 4.69) is 40.9 Å². The van der Waals surface area contributed by atoms with Crippen molar-refractivity contribution in [3.05, 3.63) is 302 Å². The second-order valence-corrected chi connectivity index (χ2v) is 23.0. The number of pyridine rings is 2. The van der Waals surface area contributed by atoms with E-state index in [-0.39, 0.29) is 48.3 Å². The molecule has 8 N–H and O–H groups in total. The van der Waals surface area contributed by atoms with Gasteiger partial charge < -0.3 is 47.1 Å². The molecule has 3 heterocycles. The number of nitrogens with two attached hydrogens (primary N) is 1. The van der Waals surface area contributed by atoms with Crippen molar-refractivity contribution in [2.45, 2.75) is 37.8 Å². The zero-order chi connectivity index (χ0) is 72.1. The first kappa shape index (κ1) is 78.6. The number of hydrogen-bond donors (Lipinski definition) is 6. The SMILES string of the molecule is C1CCOC1.Nc1ccccc1.[C-]#[N+]c1ccc(-c2ccc(C[C@H](NC(=O)c3c(F)cc(C(=O)Nc4ccccc4)cc3F)C(=O)O)c3cccnc23)c(Cl)c1.[C-]#[N+]c1ccc(-c2ccc(C[C@H](NC(=O)c3c(F)cc(C(=O)Nc4ccccc4)cc3F)C(=O)OC)c3cccnc23)c(Cl)c1.[Li+].[OH-]. The number of methoxy groups -OCH3 is 1. The van der Waals surface area contributed by atoms with Crippen LogP contribution in [0, 0.1) is 36.4 Å². The van der Waals surface area contributed by atoms with Gasteiger partial charge in [-0.2, -0.15) is 0 Å². The van der Waals surface area contributed by atoms with E-state index >= 15 is 8.78 Å². The molecule has 0 unspecified atom stereocenters. The maximum atomic E-state index is 15.1. The molecular weight excluding hydrogens is 1360 g/mol. The van der Waals surface area contributed by atoms with E-state index in [0.29, 0.717) is 100 Å². The number of esters is 1. The number of nitrogen functional groups attached to an aromatic ring is 1. The number of nitrogens with one attached hydrogen (secondary N) is 4. The van der Waals surface area contributed by atoms with Gasteiger partial charge in [-0.3, -0.25) is 29.1 Å². The number of rotatable bonds is 16. The van der Waals surface area contributed by atoms with E-state index in [1.807, 2.05) is 30.3 Å². The Labute approximate surface area is 610 Å². The molecular formula is C77H60Cl2F4LiN9O10. The summed E-state index contributed by atoms with van der Waals surface area (Å²) in [4.78, 5) is 91.8. The number of amides is 4. The van der Waals surface area contributed by atoms with Crippen molar-refractivity contribution in [1.82, 2.24) is 20.6 Å². The zero-order valence-electron chi connectivity index (χ0n) is 54.9. The van der Waals surface area contributed by atoms with Crippen LogP contribution in [0.25, 0.3) is 53.7 Å². The number of anilines is 3. The number of halogens is 6. The van der Waals surface area contributed by atoms with Crippen LogP contribution in [-0.4, -0.2) is 88.5 Å². The number of hydrogen-bond acceptors (Lipinski definition) is 12. The molecule has 19 nitrogen and oxygen atoms in total. The van der Waals surface area contributed by atoms with E-state index in [1.165, 1.54) is 18.9 Å². The van der Waals surface area contributed by atoms with Crippen molar-refractivity contribution in [3.63, 3.8) is 0 Å². The van der Waals surface area contributed by atoms with Crippen LogP contribution in [-0.2, 0) is 31.9 Å². The summed E-state index contributed by atoms with van der Waals surface area (Å²) < 4.78 is 69.9. The fourth-order valence-corrected chi connectivity index (χ4v) is 11.1. The summed E-state index contributed by atoms with van der Waals surface area (Å²) >= 11 is 12.9. The second kappa shape index (κ2) is 37.6. The number of fused-ring (bicyclic) bond motifs is 2. The predicted molar refractivity (Wildman–Crippen MR) is 381 cm³/mol. The number of nitrogens with zero attached hydrogens (tertiary/aromatic N) is 4. The van der Waals surface area contributed by atoms with E-state index < -0.39 is 82.0 Å². The largest absolute Gasteiger partial charge is 1.00 e. The van der Waals surface area contributed by atoms with Gasteiger partial charge in [0, 0.05) is 98.6 Å². The van der Waals surface area contributed by atoms with Crippen LogP contribution < -0.4 is 45.9 Å². The minimum Gasteiger partial charge on any atom is -0.870 e. The summed E-state index contributed by atoms with van der Waals surface area (Å²) in [5.41, 5.74) is 9.77. The average Bonchev–Trinajstić information content (AvgIpc) is 0.862. The number of para-hydroxylation sites is 3. The number of benzene rings is 9. The third-order valence-electron chi connectivity index (χ3n) is 15.5. The van der Waals surface area contributed by atoms with Crippen LogP contribution in [0.3, 0.4) is 0 Å². The molecule has 103 heavy (non-hydrogen) atoms. The van der Waals surface area contributed by atoms with Gasteiger partial charge >= 0.3 is 30.8 Å². The molecule has 9 aromatic carbocycles. The number of aromatic nitrogens is 2. The molecule has 0 bridgehead atoms. The van der Waals surface area contributed by atoms with Crippen LogP contribution in [0.2, 0.25) is 10.0 Å². The minimum atomic E-state index is -1.57. The number of carboxylic acids is 1. The average molecular weight is 1430 g/mol. The number of carbonyl (C=O) groups excluding carboxylic acids is 5. The van der Waals surface area contributed by atoms with E-state index in [1.54, 1.807) is 152 Å². The summed E-state index contributed by atoms with van der Waals surface area (Å²) in [6.07, 6.45) is 5.36. The van der Waals surface area contributed by atoms with Gasteiger partial charge in [-0.1, -0.05) is 138 Å². The van der Waals surface area contributed by atoms with Crippen LogP contribution in [0.5, 0.6) is 0 Å². The van der Waals surface area contributed by atoms with Crippen molar-refractivity contribution < 1.29 is 85.2 Å². The summed E-state index contributed by atoms with van der Waals surface area (Å²) in [5, 5.41) is 21.4. The van der Waals surface area contributed by atoms with Crippen LogP contribution in [0.15, 0.2) is 213 Å². The summed E-state index contributed by atoms with van der Waals surface area (Å²) in [5.74, 6) is -11.6. The first-order valence-corrected chi connectivity index (χ1v) is 31.6. The van der Waals surface area contributed by atoms with Gasteiger partial charge in [0.05, 0.1) is 31.3 Å². The van der Waals surface area contributed by atoms with Gasteiger partial charge in [0.2, 0.25) is 0 Å². The van der Waals surface area contributed by atoms with Crippen molar-refractivity contribution >= 4 is 109 Å². The van der Waals surface area contributed by atoms with Gasteiger partial charge in [0.25, 0.3) is 23.6 Å². The van der Waals surface area contributed by atoms with E-state index in [0.717, 1.165) is 38.1 Å². The molecule has 1 saturated heterocycles. The summed E-state index contributed by atoms with van der Waals surface area (Å²) in [6, 6.07) is 49.5. The van der Waals surface area contributed by atoms with Crippen molar-refractivity contribution in [2.75, 3.05) is 36.7 Å². The molecule has 2 aromatic heterocycles. The molecule has 1 fully saturated rings. The fourth-order valence-electron chi connectivity index (χ4n) is 10.5. The van der Waals surface area contributed by atoms with Gasteiger partial charge in [-0.25, -0.2) is 36.8 Å². The van der Waals surface area contributed by atoms with Gasteiger partial charge in [-0.15, -0.1) is 0 Å². The number of aliphatic carboxylic acids is 1. The van der Waals surface area contributed by atoms with Crippen LogP contribution in [0.1, 0.15) is 65.4 Å². The Morgan fingerprint density at radius 2 is 0.913 bits per heavy atom. The maximum Gasteiger partial charge on any atom is 1.00 e. The first-order chi connectivity index (χ1) is 48.7. The molecule has 26 heteroatoms. The molecule has 516 valence electrons. The normalized spacial score (nSPS) is 11.6. The molecule has 1 aliphatic rings. The van der Waals surface area contributed by atoms with Crippen LogP contribution in [0.4, 0.5) is 46.0 Å². The standard InChI is InChI=1S/C34H23ClF2N4O4.C33H21ClF2N4O4.C6H7N.C4H8O.Li.H2O/c1-38-22-11-13-24(26(35)18-22)25-12-10-19(23-9-6-14-39-31(23)25)17-29(34(44)45-2)41-33(43)30-27(36)15-20(16-28(30)37)32(42)40-21-7-4-3-5-8-21;1-37-21-10-12-23(25(34)17-21)24-11-9-18(22-8-5-13-38-30(22)24)16-28(33(43)44)40-32(42)29-26(35)14-19(15-27(29)36)31(41)39-20-6-3-2-4-7-20;7-6-4-2-1-3-5-6;1-2-4-5-3-1;;/h3-16,18,29H,17H2,2H3,(H,40,42)(H,41,43);2-15,17,28H,16H2,(H,39,41)(H,40,42)(H,43,44);1-5H,7H2;1-4H2;;1H2/q;;;;+1;/p-1/t29-;28-;;;;/m00..../s1. The maximum absolute atomic E-state index is 15.1. The Morgan fingerprint density at radius 1 is 0.534 bits per heavy atom. The third kappa shape index (κ3) is 20.5. The van der Waals surface area contributed by atoms with E-state index in [4.69, 9.17) is 51.6 Å². The zero-order valence-corrected chi connectivity index (χ0v) is 56.4. The number of carbonyl (C=O) groups is 6. The van der Waals surface area contributed by atoms with Crippen molar-refractivity contribution in [3.8, 4) is 22.3 Å². The topological polar surface area (TPSA) is 280 Å². The predicted octanol–water partition coefficient (Wildman–Crippen LogP) is 13.1. The Morgan fingerprint density at radius 3 is 1.25 bits per heavy atom. The smallest absolute Gasteiger partial charge is 0.870 e. The monoisotopic (exact) mass is 1420 g/mol. The van der Waals surface area contributed by atoms with Crippen molar-refractivity contribution in [2.24, 2.45) is 0 Å². The molecule has 0 aliphatic carbocycles. The van der Waals surface area contributed by atoms with Gasteiger partial charge in [-0.05, 0) is 120 Å². The second-order valence-electron chi connectivity index (χ2n) is 22.2. The van der Waals surface area contributed by atoms with E-state index in [9.17, 15) is 42.7 Å². The molecule has 2 atom stereocenters. The minimum absolute atomic E-state index is 0. The molecule has 0 saturated carbocycles. The molecule has 11 aromatic rings. The molecule has 0 radical (unpaired) electrons. The molecule has 0 spiro atoms. The Balaban J connectivity index is 0.000000243. The molecule has 1 aliphatic heterocycles. The van der Waals surface area contributed by atoms with Gasteiger partial charge in [0.15, 0.2) is 11.4 Å². The summed E-state index contributed by atoms with van der Waals surface area (Å²) in [7, 11) is 1.13. The number of ether oxygens (including phenoxy) is 2.